The molecule has 0 spiro atoms. The fourth-order valence-electron chi connectivity index (χ4n) is 1.09. The smallest absolute Gasteiger partial charge is 0.246 e. The monoisotopic (exact) mass is 231 g/mol. The standard InChI is InChI=1S/C8H13N3O3S/c1-2-3-11(4-5-12)15(13,14)8-6-9-10-7-8/h2,6-7,12H,1,3-5H2,(H,9,10). The van der Waals surface area contributed by atoms with Gasteiger partial charge in [-0.3, -0.25) is 5.10 Å². The fourth-order valence-corrected chi connectivity index (χ4v) is 2.40. The molecule has 1 aromatic rings. The van der Waals surface area contributed by atoms with Crippen molar-refractivity contribution in [2.24, 2.45) is 0 Å². The van der Waals surface area contributed by atoms with Crippen LogP contribution in [0.2, 0.25) is 0 Å². The summed E-state index contributed by atoms with van der Waals surface area (Å²) in [7, 11) is -3.57. The number of aromatic nitrogens is 2. The Morgan fingerprint density at radius 3 is 2.87 bits per heavy atom. The van der Waals surface area contributed by atoms with E-state index in [9.17, 15) is 8.42 Å². The summed E-state index contributed by atoms with van der Waals surface area (Å²) >= 11 is 0. The van der Waals surface area contributed by atoms with Crippen molar-refractivity contribution in [3.05, 3.63) is 25.0 Å². The predicted molar refractivity (Wildman–Crippen MR) is 54.6 cm³/mol. The molecule has 0 fully saturated rings. The second-order valence-corrected chi connectivity index (χ2v) is 4.75. The van der Waals surface area contributed by atoms with E-state index in [1.807, 2.05) is 0 Å². The highest BCUT2D eigenvalue weighted by molar-refractivity contribution is 7.89. The Morgan fingerprint density at radius 2 is 2.40 bits per heavy atom. The van der Waals surface area contributed by atoms with Crippen LogP contribution in [0.25, 0.3) is 0 Å². The molecule has 0 aromatic carbocycles. The van der Waals surface area contributed by atoms with Gasteiger partial charge in [0.2, 0.25) is 10.0 Å². The van der Waals surface area contributed by atoms with Crippen LogP contribution < -0.4 is 0 Å². The summed E-state index contributed by atoms with van der Waals surface area (Å²) in [5, 5.41) is 14.8. The Kier molecular flexibility index (Phi) is 4.01. The molecule has 0 radical (unpaired) electrons. The molecule has 1 heterocycles. The average Bonchev–Trinajstić information content (AvgIpc) is 2.70. The first-order chi connectivity index (χ1) is 7.12. The van der Waals surface area contributed by atoms with E-state index in [0.717, 1.165) is 4.31 Å². The van der Waals surface area contributed by atoms with Crippen LogP contribution in [0.4, 0.5) is 0 Å². The summed E-state index contributed by atoms with van der Waals surface area (Å²) in [5.41, 5.74) is 0. The molecule has 0 atom stereocenters. The van der Waals surface area contributed by atoms with E-state index in [4.69, 9.17) is 5.11 Å². The second kappa shape index (κ2) is 5.06. The number of hydrogen-bond donors (Lipinski definition) is 2. The van der Waals surface area contributed by atoms with Gasteiger partial charge in [-0.25, -0.2) is 8.42 Å². The Balaban J connectivity index is 2.96. The van der Waals surface area contributed by atoms with E-state index in [1.54, 1.807) is 0 Å². The van der Waals surface area contributed by atoms with Crippen LogP contribution >= 0.6 is 0 Å². The van der Waals surface area contributed by atoms with Crippen LogP contribution in [0.5, 0.6) is 0 Å². The number of H-pyrrole nitrogens is 1. The van der Waals surface area contributed by atoms with Gasteiger partial charge in [-0.1, -0.05) is 6.08 Å². The molecule has 0 unspecified atom stereocenters. The van der Waals surface area contributed by atoms with E-state index in [0.29, 0.717) is 0 Å². The number of nitrogens with one attached hydrogen (secondary N) is 1. The van der Waals surface area contributed by atoms with Crippen LogP contribution in [0.15, 0.2) is 29.9 Å². The van der Waals surface area contributed by atoms with Gasteiger partial charge in [0.05, 0.1) is 12.8 Å². The van der Waals surface area contributed by atoms with Gasteiger partial charge in [-0.05, 0) is 0 Å². The van der Waals surface area contributed by atoms with Gasteiger partial charge in [0.15, 0.2) is 0 Å². The zero-order valence-corrected chi connectivity index (χ0v) is 8.94. The Hall–Kier alpha value is -1.18. The summed E-state index contributed by atoms with van der Waals surface area (Å²) in [6.45, 7) is 3.44. The van der Waals surface area contributed by atoms with Gasteiger partial charge in [-0.15, -0.1) is 6.58 Å². The van der Waals surface area contributed by atoms with Crippen LogP contribution in [0, 0.1) is 0 Å². The van der Waals surface area contributed by atoms with Gasteiger partial charge in [-0.2, -0.15) is 9.40 Å². The normalized spacial score (nSPS) is 11.9. The molecule has 1 aromatic heterocycles. The minimum absolute atomic E-state index is 0.0412. The Bertz CT molecular complexity index is 399. The lowest BCUT2D eigenvalue weighted by Gasteiger charge is -2.18. The Labute approximate surface area is 88.3 Å². The number of hydrogen-bond acceptors (Lipinski definition) is 4. The van der Waals surface area contributed by atoms with Gasteiger partial charge in [0, 0.05) is 19.3 Å². The van der Waals surface area contributed by atoms with Gasteiger partial charge < -0.3 is 5.11 Å². The van der Waals surface area contributed by atoms with Crippen LogP contribution in [0.1, 0.15) is 0 Å². The first-order valence-corrected chi connectivity index (χ1v) is 5.77. The Morgan fingerprint density at radius 1 is 1.67 bits per heavy atom. The third-order valence-electron chi connectivity index (χ3n) is 1.79. The van der Waals surface area contributed by atoms with Gasteiger partial charge in [0.25, 0.3) is 0 Å². The lowest BCUT2D eigenvalue weighted by molar-refractivity contribution is 0.260. The number of aliphatic hydroxyl groups excluding tert-OH is 1. The van der Waals surface area contributed by atoms with Gasteiger partial charge in [0.1, 0.15) is 4.90 Å². The van der Waals surface area contributed by atoms with E-state index in [-0.39, 0.29) is 24.6 Å². The maximum atomic E-state index is 11.9. The number of sulfonamides is 1. The lowest BCUT2D eigenvalue weighted by atomic mass is 10.6. The largest absolute Gasteiger partial charge is 0.395 e. The highest BCUT2D eigenvalue weighted by atomic mass is 32.2. The SMILES string of the molecule is C=CCN(CCO)S(=O)(=O)c1cn[nH]c1. The topological polar surface area (TPSA) is 86.3 Å². The molecule has 0 bridgehead atoms. The van der Waals surface area contributed by atoms with Crippen LogP contribution in [-0.4, -0.2) is 47.7 Å². The minimum atomic E-state index is -3.57. The quantitative estimate of drug-likeness (QED) is 0.651. The van der Waals surface area contributed by atoms with E-state index in [2.05, 4.69) is 16.8 Å². The molecule has 7 heteroatoms. The van der Waals surface area contributed by atoms with Crippen molar-refractivity contribution in [3.8, 4) is 0 Å². The molecule has 6 nitrogen and oxygen atoms in total. The van der Waals surface area contributed by atoms with Crippen LogP contribution in [-0.2, 0) is 10.0 Å². The van der Waals surface area contributed by atoms with E-state index < -0.39 is 10.0 Å². The number of aromatic amines is 1. The number of aliphatic hydroxyl groups is 1. The molecule has 0 amide bonds. The third-order valence-corrected chi connectivity index (χ3v) is 3.62. The molecule has 1 rings (SSSR count). The maximum Gasteiger partial charge on any atom is 0.246 e. The maximum absolute atomic E-state index is 11.9. The van der Waals surface area contributed by atoms with Crippen molar-refractivity contribution in [1.29, 1.82) is 0 Å². The molecule has 0 saturated carbocycles. The number of nitrogens with zero attached hydrogens (tertiary/aromatic N) is 2. The van der Waals surface area contributed by atoms with Crippen molar-refractivity contribution < 1.29 is 13.5 Å². The third kappa shape index (κ3) is 2.65. The zero-order chi connectivity index (χ0) is 11.3. The highest BCUT2D eigenvalue weighted by Gasteiger charge is 2.23. The van der Waals surface area contributed by atoms with E-state index >= 15 is 0 Å². The van der Waals surface area contributed by atoms with Crippen molar-refractivity contribution in [2.75, 3.05) is 19.7 Å². The summed E-state index contributed by atoms with van der Waals surface area (Å²) < 4.78 is 24.9. The summed E-state index contributed by atoms with van der Waals surface area (Å²) in [4.78, 5) is 0.0813. The van der Waals surface area contributed by atoms with E-state index in [1.165, 1.54) is 18.5 Å². The molecule has 0 aliphatic carbocycles. The molecule has 0 saturated heterocycles. The van der Waals surface area contributed by atoms with Crippen molar-refractivity contribution in [3.63, 3.8) is 0 Å². The fraction of sp³-hybridized carbons (Fsp3) is 0.375. The van der Waals surface area contributed by atoms with Crippen molar-refractivity contribution in [2.45, 2.75) is 4.90 Å². The van der Waals surface area contributed by atoms with Crippen LogP contribution in [0.3, 0.4) is 0 Å². The molecule has 0 aliphatic rings. The first kappa shape index (κ1) is 11.9. The molecule has 2 N–H and O–H groups in total. The van der Waals surface area contributed by atoms with Crippen molar-refractivity contribution >= 4 is 10.0 Å². The molecule has 84 valence electrons. The first-order valence-electron chi connectivity index (χ1n) is 4.33. The van der Waals surface area contributed by atoms with Crippen molar-refractivity contribution in [1.82, 2.24) is 14.5 Å². The molecular weight excluding hydrogens is 218 g/mol. The lowest BCUT2D eigenvalue weighted by Crippen LogP contribution is -2.33. The minimum Gasteiger partial charge on any atom is -0.395 e. The van der Waals surface area contributed by atoms with Gasteiger partial charge >= 0.3 is 0 Å². The second-order valence-electron chi connectivity index (χ2n) is 2.81. The molecular formula is C8H13N3O3S. The summed E-state index contributed by atoms with van der Waals surface area (Å²) in [6, 6.07) is 0. The predicted octanol–water partition coefficient (Wildman–Crippen LogP) is -0.421. The summed E-state index contributed by atoms with van der Waals surface area (Å²) in [5.74, 6) is 0. The molecule has 15 heavy (non-hydrogen) atoms. The number of rotatable bonds is 6. The zero-order valence-electron chi connectivity index (χ0n) is 8.13. The highest BCUT2D eigenvalue weighted by Crippen LogP contribution is 2.12. The molecule has 0 aliphatic heterocycles. The summed E-state index contributed by atoms with van der Waals surface area (Å²) in [6.07, 6.45) is 3.99. The average molecular weight is 231 g/mol.